The molecule has 2 aliphatic rings. The van der Waals surface area contributed by atoms with Gasteiger partial charge in [-0.1, -0.05) is 0 Å². The molecule has 1 amide bonds. The van der Waals surface area contributed by atoms with Crippen molar-refractivity contribution in [2.24, 2.45) is 5.92 Å². The summed E-state index contributed by atoms with van der Waals surface area (Å²) in [5.74, 6) is -1.10. The summed E-state index contributed by atoms with van der Waals surface area (Å²) in [5.41, 5.74) is -0.530. The van der Waals surface area contributed by atoms with Gasteiger partial charge in [0.15, 0.2) is 6.10 Å². The summed E-state index contributed by atoms with van der Waals surface area (Å²) in [4.78, 5) is 21.6. The number of carbonyl (C=O) groups excluding carboxylic acids is 1. The fraction of sp³-hybridized carbons (Fsp3) is 0.737. The second-order valence-corrected chi connectivity index (χ2v) is 11.1. The maximum absolute atomic E-state index is 12.8. The lowest BCUT2D eigenvalue weighted by Crippen LogP contribution is -2.47. The van der Waals surface area contributed by atoms with E-state index in [9.17, 15) is 18.3 Å². The summed E-state index contributed by atoms with van der Waals surface area (Å²) in [6.07, 6.45) is 2.56. The van der Waals surface area contributed by atoms with Gasteiger partial charge in [0, 0.05) is 30.9 Å². The van der Waals surface area contributed by atoms with Gasteiger partial charge in [-0.3, -0.25) is 4.79 Å². The van der Waals surface area contributed by atoms with Gasteiger partial charge in [0.25, 0.3) is 5.91 Å². The molecule has 0 radical (unpaired) electrons. The molecule has 2 fully saturated rings. The average molecular weight is 455 g/mol. The molecule has 2 atom stereocenters. The molecule has 12 heteroatoms. The molecule has 0 unspecified atom stereocenters. The van der Waals surface area contributed by atoms with Gasteiger partial charge < -0.3 is 24.4 Å². The molecule has 0 spiro atoms. The van der Waals surface area contributed by atoms with Crippen molar-refractivity contribution in [2.45, 2.75) is 63.0 Å². The topological polar surface area (TPSA) is 139 Å². The van der Waals surface area contributed by atoms with E-state index in [-0.39, 0.29) is 23.4 Å². The third kappa shape index (κ3) is 5.09. The lowest BCUT2D eigenvalue weighted by molar-refractivity contribution is -0.143. The molecule has 172 valence electrons. The Bertz CT molecular complexity index is 892. The minimum atomic E-state index is -3.77. The Kier molecular flexibility index (Phi) is 6.78. The van der Waals surface area contributed by atoms with E-state index >= 15 is 0 Å². The molecule has 1 aromatic rings. The van der Waals surface area contributed by atoms with E-state index in [1.54, 1.807) is 0 Å². The van der Waals surface area contributed by atoms with Crippen LogP contribution in [0.4, 0.5) is 0 Å². The smallest absolute Gasteiger partial charge is 0.399 e. The van der Waals surface area contributed by atoms with Gasteiger partial charge in [-0.2, -0.15) is 0 Å². The molecule has 0 aliphatic carbocycles. The van der Waals surface area contributed by atoms with Crippen LogP contribution in [0.5, 0.6) is 0 Å². The van der Waals surface area contributed by atoms with Gasteiger partial charge in [0.1, 0.15) is 0 Å². The molecule has 0 aromatic carbocycles. The normalized spacial score (nSPS) is 24.3. The first-order valence-electron chi connectivity index (χ1n) is 10.3. The van der Waals surface area contributed by atoms with Crippen molar-refractivity contribution in [3.8, 4) is 0 Å². The fourth-order valence-corrected chi connectivity index (χ4v) is 5.13. The largest absolute Gasteiger partial charge is 0.498 e. The predicted octanol–water partition coefficient (Wildman–Crippen LogP) is -0.859. The first-order chi connectivity index (χ1) is 14.4. The maximum atomic E-state index is 12.8. The Hall–Kier alpha value is -1.60. The van der Waals surface area contributed by atoms with Gasteiger partial charge in [-0.25, -0.2) is 18.4 Å². The fourth-order valence-electron chi connectivity index (χ4n) is 3.66. The molecule has 0 saturated carbocycles. The van der Waals surface area contributed by atoms with Crippen molar-refractivity contribution >= 4 is 28.3 Å². The van der Waals surface area contributed by atoms with Crippen LogP contribution >= 0.6 is 0 Å². The molecule has 0 bridgehead atoms. The third-order valence-corrected chi connectivity index (χ3v) is 7.87. The summed E-state index contributed by atoms with van der Waals surface area (Å²) >= 11 is 0. The number of amides is 1. The van der Waals surface area contributed by atoms with E-state index in [1.807, 2.05) is 27.7 Å². The maximum Gasteiger partial charge on any atom is 0.498 e. The molecule has 3 rings (SSSR count). The zero-order valence-electron chi connectivity index (χ0n) is 18.3. The van der Waals surface area contributed by atoms with Crippen LogP contribution in [0.3, 0.4) is 0 Å². The van der Waals surface area contributed by atoms with Gasteiger partial charge in [-0.15, -0.1) is 0 Å². The molecule has 2 saturated heterocycles. The van der Waals surface area contributed by atoms with E-state index in [2.05, 4.69) is 9.97 Å². The number of likely N-dealkylation sites (tertiary alicyclic amines) is 1. The molecule has 1 aromatic heterocycles. The van der Waals surface area contributed by atoms with E-state index in [0.29, 0.717) is 24.8 Å². The molecule has 10 nitrogen and oxygen atoms in total. The van der Waals surface area contributed by atoms with Crippen LogP contribution in [0, 0.1) is 5.92 Å². The van der Waals surface area contributed by atoms with Gasteiger partial charge in [-0.05, 0) is 46.5 Å². The Morgan fingerprint density at radius 1 is 1.26 bits per heavy atom. The van der Waals surface area contributed by atoms with Crippen molar-refractivity contribution in [3.63, 3.8) is 0 Å². The van der Waals surface area contributed by atoms with Gasteiger partial charge in [0.2, 0.25) is 15.0 Å². The zero-order valence-corrected chi connectivity index (χ0v) is 19.1. The van der Waals surface area contributed by atoms with Crippen molar-refractivity contribution < 1.29 is 32.7 Å². The van der Waals surface area contributed by atoms with Gasteiger partial charge in [0.05, 0.1) is 23.6 Å². The lowest BCUT2D eigenvalue weighted by Gasteiger charge is -2.33. The van der Waals surface area contributed by atoms with Crippen LogP contribution in [0.1, 0.15) is 40.5 Å². The second-order valence-electron chi connectivity index (χ2n) is 9.16. The Morgan fingerprint density at radius 2 is 1.84 bits per heavy atom. The number of sulfone groups is 1. The Balaban J connectivity index is 1.67. The number of carbonyl (C=O) groups is 1. The molecule has 31 heavy (non-hydrogen) atoms. The van der Waals surface area contributed by atoms with Crippen LogP contribution in [0.25, 0.3) is 0 Å². The first kappa shape index (κ1) is 24.1. The minimum absolute atomic E-state index is 0.196. The van der Waals surface area contributed by atoms with Crippen LogP contribution in [0.15, 0.2) is 17.6 Å². The highest BCUT2D eigenvalue weighted by atomic mass is 32.2. The summed E-state index contributed by atoms with van der Waals surface area (Å²) in [6, 6.07) is 0. The quantitative estimate of drug-likeness (QED) is 0.414. The monoisotopic (exact) mass is 455 g/mol. The number of piperidine rings is 1. The Labute approximate surface area is 183 Å². The first-order valence-corrected chi connectivity index (χ1v) is 12.0. The van der Waals surface area contributed by atoms with Crippen molar-refractivity contribution in [1.29, 1.82) is 0 Å². The second kappa shape index (κ2) is 8.74. The van der Waals surface area contributed by atoms with Gasteiger partial charge >= 0.3 is 7.12 Å². The van der Waals surface area contributed by atoms with Crippen molar-refractivity contribution in [2.75, 3.05) is 25.4 Å². The van der Waals surface area contributed by atoms with E-state index in [1.165, 1.54) is 17.3 Å². The predicted molar refractivity (Wildman–Crippen MR) is 112 cm³/mol. The number of aliphatic hydroxyl groups excluding tert-OH is 2. The van der Waals surface area contributed by atoms with E-state index < -0.39 is 46.8 Å². The molecule has 2 aliphatic heterocycles. The standard InChI is InChI=1S/C19H30BN3O7S/c1-18(2)19(3,4)30-20(29-18)14-8-21-17(22-9-14)31(27,28)12-13-6-5-7-23(10-13)16(26)15(25)11-24/h8-9,13,15,24-25H,5-7,10-12H2,1-4H3/t13-,15-/m0/s1. The van der Waals surface area contributed by atoms with Crippen molar-refractivity contribution in [3.05, 3.63) is 12.4 Å². The third-order valence-electron chi connectivity index (χ3n) is 6.20. The highest BCUT2D eigenvalue weighted by Gasteiger charge is 2.52. The van der Waals surface area contributed by atoms with E-state index in [0.717, 1.165) is 0 Å². The van der Waals surface area contributed by atoms with Crippen LogP contribution < -0.4 is 5.46 Å². The number of rotatable bonds is 6. The number of aliphatic hydroxyl groups is 2. The molecule has 2 N–H and O–H groups in total. The number of nitrogens with zero attached hydrogens (tertiary/aromatic N) is 3. The van der Waals surface area contributed by atoms with Crippen LogP contribution in [-0.2, 0) is 23.9 Å². The van der Waals surface area contributed by atoms with Crippen LogP contribution in [0.2, 0.25) is 0 Å². The highest BCUT2D eigenvalue weighted by Crippen LogP contribution is 2.36. The summed E-state index contributed by atoms with van der Waals surface area (Å²) in [6.45, 7) is 7.64. The zero-order chi connectivity index (χ0) is 23.0. The Morgan fingerprint density at radius 3 is 2.39 bits per heavy atom. The number of hydrogen-bond acceptors (Lipinski definition) is 9. The molecular weight excluding hydrogens is 425 g/mol. The molecular formula is C19H30BN3O7S. The van der Waals surface area contributed by atoms with E-state index in [4.69, 9.17) is 14.4 Å². The SMILES string of the molecule is CC1(C)OB(c2cnc(S(=O)(=O)C[C@H]3CCCN(C(=O)[C@@H](O)CO)C3)nc2)OC1(C)C. The van der Waals surface area contributed by atoms with Crippen molar-refractivity contribution in [1.82, 2.24) is 14.9 Å². The highest BCUT2D eigenvalue weighted by molar-refractivity contribution is 7.91. The average Bonchev–Trinajstić information content (AvgIpc) is 2.94. The van der Waals surface area contributed by atoms with Crippen LogP contribution in [-0.4, -0.2) is 89.3 Å². The summed E-state index contributed by atoms with van der Waals surface area (Å²) in [5, 5.41) is 18.2. The number of aromatic nitrogens is 2. The number of hydrogen-bond donors (Lipinski definition) is 2. The minimum Gasteiger partial charge on any atom is -0.399 e. The lowest BCUT2D eigenvalue weighted by atomic mass is 9.81. The molecule has 3 heterocycles. The summed E-state index contributed by atoms with van der Waals surface area (Å²) < 4.78 is 37.5. The summed E-state index contributed by atoms with van der Waals surface area (Å²) in [7, 11) is -4.46.